The quantitative estimate of drug-likeness (QED) is 0.634. The van der Waals surface area contributed by atoms with Gasteiger partial charge in [0.1, 0.15) is 0 Å². The number of hydrogen-bond acceptors (Lipinski definition) is 5. The van der Waals surface area contributed by atoms with Crippen LogP contribution in [0.5, 0.6) is 0 Å². The molecule has 35 heavy (non-hydrogen) atoms. The zero-order chi connectivity index (χ0) is 25.9. The number of benzene rings is 1. The van der Waals surface area contributed by atoms with Crippen LogP contribution in [-0.2, 0) is 14.3 Å². The normalized spacial score (nSPS) is 23.8. The van der Waals surface area contributed by atoms with Gasteiger partial charge in [0.2, 0.25) is 5.91 Å². The molecule has 2 amide bonds. The topological polar surface area (TPSA) is 99.2 Å². The van der Waals surface area contributed by atoms with Gasteiger partial charge in [-0.15, -0.1) is 0 Å². The van der Waals surface area contributed by atoms with Crippen molar-refractivity contribution in [3.05, 3.63) is 34.9 Å². The van der Waals surface area contributed by atoms with Crippen molar-refractivity contribution in [2.24, 2.45) is 10.8 Å². The molecule has 1 aromatic carbocycles. The number of carboxylic acids is 1. The Labute approximate surface area is 206 Å². The molecule has 0 saturated carbocycles. The number of piperidine rings is 1. The molecule has 12 heteroatoms. The number of amides is 2. The van der Waals surface area contributed by atoms with Crippen LogP contribution >= 0.6 is 11.6 Å². The molecule has 3 aliphatic heterocycles. The van der Waals surface area contributed by atoms with Gasteiger partial charge in [0.15, 0.2) is 0 Å². The first-order valence-electron chi connectivity index (χ1n) is 11.3. The summed E-state index contributed by atoms with van der Waals surface area (Å²) in [6.07, 6.45) is -2.47. The summed E-state index contributed by atoms with van der Waals surface area (Å²) in [6.45, 7) is 5.37. The third-order valence-corrected chi connectivity index (χ3v) is 7.51. The Hall–Kier alpha value is -2.37. The van der Waals surface area contributed by atoms with Crippen LogP contribution in [0.25, 0.3) is 0 Å². The second-order valence-corrected chi connectivity index (χ2v) is 9.61. The molecular weight excluding hydrogens is 491 g/mol. The van der Waals surface area contributed by atoms with E-state index < -0.39 is 12.1 Å². The monoisotopic (exact) mass is 519 g/mol. The minimum Gasteiger partial charge on any atom is -0.475 e. The minimum atomic E-state index is -5.08. The van der Waals surface area contributed by atoms with E-state index in [1.165, 1.54) is 0 Å². The molecule has 1 aromatic rings. The number of hydrogen-bond donors (Lipinski definition) is 2. The number of ether oxygens (including phenoxy) is 1. The van der Waals surface area contributed by atoms with Crippen molar-refractivity contribution >= 4 is 29.4 Å². The lowest BCUT2D eigenvalue weighted by Gasteiger charge is -2.46. The fourth-order valence-corrected chi connectivity index (χ4v) is 5.57. The number of carbonyl (C=O) groups is 3. The van der Waals surface area contributed by atoms with E-state index in [1.807, 2.05) is 4.90 Å². The van der Waals surface area contributed by atoms with E-state index in [4.69, 9.17) is 26.2 Å². The Bertz CT molecular complexity index is 935. The van der Waals surface area contributed by atoms with Crippen molar-refractivity contribution in [2.75, 3.05) is 53.0 Å². The van der Waals surface area contributed by atoms with Crippen molar-refractivity contribution in [1.29, 1.82) is 0 Å². The number of nitrogens with zero attached hydrogens (tertiary/aromatic N) is 2. The van der Waals surface area contributed by atoms with E-state index >= 15 is 0 Å². The molecule has 0 radical (unpaired) electrons. The number of halogens is 4. The smallest absolute Gasteiger partial charge is 0.475 e. The van der Waals surface area contributed by atoms with Crippen LogP contribution in [-0.4, -0.2) is 91.9 Å². The first-order valence-corrected chi connectivity index (χ1v) is 11.7. The Kier molecular flexibility index (Phi) is 8.33. The Morgan fingerprint density at radius 2 is 1.74 bits per heavy atom. The molecule has 0 bridgehead atoms. The number of likely N-dealkylation sites (tertiary alicyclic amines) is 2. The molecule has 3 fully saturated rings. The van der Waals surface area contributed by atoms with Gasteiger partial charge >= 0.3 is 12.1 Å². The molecule has 3 aliphatic rings. The van der Waals surface area contributed by atoms with Gasteiger partial charge in [-0.1, -0.05) is 11.6 Å². The van der Waals surface area contributed by atoms with E-state index in [9.17, 15) is 22.8 Å². The summed E-state index contributed by atoms with van der Waals surface area (Å²) in [5, 5.41) is 10.8. The van der Waals surface area contributed by atoms with E-state index in [0.29, 0.717) is 30.3 Å². The maximum atomic E-state index is 12.9. The van der Waals surface area contributed by atoms with Gasteiger partial charge in [-0.3, -0.25) is 14.5 Å². The fourth-order valence-electron chi connectivity index (χ4n) is 5.44. The van der Waals surface area contributed by atoms with Gasteiger partial charge in [-0.2, -0.15) is 13.2 Å². The lowest BCUT2D eigenvalue weighted by Crippen LogP contribution is -2.53. The van der Waals surface area contributed by atoms with Crippen LogP contribution in [0.3, 0.4) is 0 Å². The van der Waals surface area contributed by atoms with Crippen LogP contribution in [0.1, 0.15) is 29.6 Å². The summed E-state index contributed by atoms with van der Waals surface area (Å²) in [6, 6.07) is 7.07. The highest BCUT2D eigenvalue weighted by atomic mass is 35.5. The molecule has 1 atom stereocenters. The van der Waals surface area contributed by atoms with Gasteiger partial charge in [0, 0.05) is 62.4 Å². The van der Waals surface area contributed by atoms with E-state index in [0.717, 1.165) is 45.4 Å². The highest BCUT2D eigenvalue weighted by Gasteiger charge is 2.63. The SMILES string of the molecule is COCCN1CC2(CCN(C(=O)c3ccc(Cl)cc3)CC2)C2(CCNC2=O)C1.O=C(O)C(F)(F)F. The van der Waals surface area contributed by atoms with Crippen molar-refractivity contribution in [3.63, 3.8) is 0 Å². The second-order valence-electron chi connectivity index (χ2n) is 9.17. The number of methoxy groups -OCH3 is 1. The van der Waals surface area contributed by atoms with Gasteiger partial charge in [-0.05, 0) is 43.5 Å². The highest BCUT2D eigenvalue weighted by molar-refractivity contribution is 6.30. The number of carboxylic acid groups (broad SMARTS) is 1. The number of carbonyl (C=O) groups excluding carboxylic acids is 2. The second kappa shape index (κ2) is 10.7. The average molecular weight is 520 g/mol. The fraction of sp³-hybridized carbons (Fsp3) is 0.609. The van der Waals surface area contributed by atoms with Gasteiger partial charge in [0.25, 0.3) is 5.91 Å². The first kappa shape index (κ1) is 27.2. The number of aliphatic carboxylic acids is 1. The Morgan fingerprint density at radius 3 is 2.23 bits per heavy atom. The molecule has 0 aromatic heterocycles. The first-order chi connectivity index (χ1) is 16.4. The summed E-state index contributed by atoms with van der Waals surface area (Å²) < 4.78 is 37.0. The highest BCUT2D eigenvalue weighted by Crippen LogP contribution is 2.56. The van der Waals surface area contributed by atoms with Crippen LogP contribution in [0.2, 0.25) is 5.02 Å². The number of nitrogens with one attached hydrogen (secondary N) is 1. The largest absolute Gasteiger partial charge is 0.490 e. The molecule has 2 spiro atoms. The standard InChI is InChI=1S/C21H28ClN3O3.C2HF3O2/c1-28-13-12-24-14-20(21(15-24)6-9-23-19(21)27)7-10-25(11-8-20)18(26)16-2-4-17(22)5-3-16;3-2(4,5)1(6)7/h2-5H,6-15H2,1H3,(H,23,27);(H,6,7). The average Bonchev–Trinajstić information content (AvgIpc) is 3.33. The number of fused-ring (bicyclic) bond motifs is 1. The van der Waals surface area contributed by atoms with E-state index in [2.05, 4.69) is 10.2 Å². The maximum Gasteiger partial charge on any atom is 0.490 e. The van der Waals surface area contributed by atoms with Crippen molar-refractivity contribution in [3.8, 4) is 0 Å². The van der Waals surface area contributed by atoms with E-state index in [-0.39, 0.29) is 22.6 Å². The van der Waals surface area contributed by atoms with Gasteiger partial charge < -0.3 is 20.1 Å². The van der Waals surface area contributed by atoms with Crippen molar-refractivity contribution in [1.82, 2.24) is 15.1 Å². The summed E-state index contributed by atoms with van der Waals surface area (Å²) in [5.41, 5.74) is 0.288. The van der Waals surface area contributed by atoms with E-state index in [1.54, 1.807) is 31.4 Å². The molecule has 3 heterocycles. The minimum absolute atomic E-state index is 0.0469. The molecular formula is C23H29ClF3N3O5. The third kappa shape index (κ3) is 5.73. The predicted molar refractivity (Wildman–Crippen MR) is 121 cm³/mol. The van der Waals surface area contributed by atoms with Crippen molar-refractivity contribution < 1.29 is 37.4 Å². The lowest BCUT2D eigenvalue weighted by atomic mass is 9.60. The van der Waals surface area contributed by atoms with Crippen LogP contribution in [0.15, 0.2) is 24.3 Å². The molecule has 1 unspecified atom stereocenters. The summed E-state index contributed by atoms with van der Waals surface area (Å²) in [5.74, 6) is -2.51. The summed E-state index contributed by atoms with van der Waals surface area (Å²) in [7, 11) is 1.71. The molecule has 4 rings (SSSR count). The molecule has 194 valence electrons. The Balaban J connectivity index is 0.000000429. The maximum absolute atomic E-state index is 12.9. The molecule has 8 nitrogen and oxygen atoms in total. The van der Waals surface area contributed by atoms with Crippen LogP contribution < -0.4 is 5.32 Å². The van der Waals surface area contributed by atoms with Gasteiger partial charge in [-0.25, -0.2) is 4.79 Å². The molecule has 3 saturated heterocycles. The summed E-state index contributed by atoms with van der Waals surface area (Å²) in [4.78, 5) is 39.0. The van der Waals surface area contributed by atoms with Crippen LogP contribution in [0.4, 0.5) is 13.2 Å². The Morgan fingerprint density at radius 1 is 1.14 bits per heavy atom. The summed E-state index contributed by atoms with van der Waals surface area (Å²) >= 11 is 5.94. The zero-order valence-corrected chi connectivity index (χ0v) is 20.1. The number of rotatable bonds is 4. The molecule has 2 N–H and O–H groups in total. The molecule has 0 aliphatic carbocycles. The van der Waals surface area contributed by atoms with Crippen molar-refractivity contribution in [2.45, 2.75) is 25.4 Å². The predicted octanol–water partition coefficient (Wildman–Crippen LogP) is 2.66. The zero-order valence-electron chi connectivity index (χ0n) is 19.4. The third-order valence-electron chi connectivity index (χ3n) is 7.26. The lowest BCUT2D eigenvalue weighted by molar-refractivity contribution is -0.192. The van der Waals surface area contributed by atoms with Gasteiger partial charge in [0.05, 0.1) is 12.0 Å². The number of alkyl halides is 3. The van der Waals surface area contributed by atoms with Crippen LogP contribution in [0, 0.1) is 10.8 Å².